The van der Waals surface area contributed by atoms with Crippen molar-refractivity contribution in [3.8, 4) is 5.75 Å². The van der Waals surface area contributed by atoms with E-state index in [2.05, 4.69) is 0 Å². The fourth-order valence-corrected chi connectivity index (χ4v) is 7.20. The minimum absolute atomic E-state index is 0.193. The molecule has 2 aliphatic heterocycles. The molecule has 0 spiro atoms. The normalized spacial score (nSPS) is 16.9. The molecule has 4 aromatic rings. The van der Waals surface area contributed by atoms with Gasteiger partial charge in [-0.2, -0.15) is 0 Å². The monoisotopic (exact) mass is 626 g/mol. The van der Waals surface area contributed by atoms with Crippen molar-refractivity contribution >= 4 is 46.0 Å². The zero-order valence-electron chi connectivity index (χ0n) is 24.8. The highest BCUT2D eigenvalue weighted by Crippen LogP contribution is 2.38. The summed E-state index contributed by atoms with van der Waals surface area (Å²) in [7, 11) is 1.57. The van der Waals surface area contributed by atoms with Crippen LogP contribution in [0.3, 0.4) is 0 Å². The molecule has 44 heavy (non-hydrogen) atoms. The number of carbonyl (C=O) groups excluding carboxylic acids is 2. The third-order valence-electron chi connectivity index (χ3n) is 8.12. The second kappa shape index (κ2) is 11.9. The molecule has 6 rings (SSSR count). The van der Waals surface area contributed by atoms with Crippen molar-refractivity contribution in [2.24, 2.45) is 4.99 Å². The van der Waals surface area contributed by atoms with E-state index in [0.29, 0.717) is 63.2 Å². The van der Waals surface area contributed by atoms with Crippen LogP contribution >= 0.6 is 22.9 Å². The zero-order valence-corrected chi connectivity index (χ0v) is 26.4. The fourth-order valence-electron chi connectivity index (χ4n) is 5.94. The molecular weight excluding hydrogens is 596 g/mol. The number of thiazole rings is 1. The molecule has 224 valence electrons. The first-order chi connectivity index (χ1) is 21.3. The lowest BCUT2D eigenvalue weighted by atomic mass is 9.94. The lowest BCUT2D eigenvalue weighted by Crippen LogP contribution is -2.43. The molecular formula is C34H31ClN4O4S. The Morgan fingerprint density at radius 3 is 2.39 bits per heavy atom. The summed E-state index contributed by atoms with van der Waals surface area (Å²) in [6, 6.07) is 21.4. The molecule has 2 aliphatic rings. The first kappa shape index (κ1) is 29.6. The predicted molar refractivity (Wildman–Crippen MR) is 173 cm³/mol. The molecule has 3 heterocycles. The van der Waals surface area contributed by atoms with Crippen molar-refractivity contribution in [1.29, 1.82) is 0 Å². The van der Waals surface area contributed by atoms with Gasteiger partial charge in [0.05, 0.1) is 36.2 Å². The van der Waals surface area contributed by atoms with E-state index in [1.165, 1.54) is 11.3 Å². The summed E-state index contributed by atoms with van der Waals surface area (Å²) in [6.45, 7) is 6.97. The van der Waals surface area contributed by atoms with Crippen molar-refractivity contribution in [2.45, 2.75) is 33.4 Å². The van der Waals surface area contributed by atoms with Gasteiger partial charge in [-0.25, -0.2) is 4.99 Å². The van der Waals surface area contributed by atoms with Gasteiger partial charge in [0.15, 0.2) is 4.80 Å². The second-order valence-electron chi connectivity index (χ2n) is 10.5. The summed E-state index contributed by atoms with van der Waals surface area (Å²) in [5.41, 5.74) is 3.86. The lowest BCUT2D eigenvalue weighted by Gasteiger charge is -2.29. The van der Waals surface area contributed by atoms with Crippen LogP contribution in [0.15, 0.2) is 93.9 Å². The van der Waals surface area contributed by atoms with Crippen LogP contribution in [0.5, 0.6) is 5.75 Å². The van der Waals surface area contributed by atoms with Crippen LogP contribution in [-0.4, -0.2) is 41.5 Å². The quantitative estimate of drug-likeness (QED) is 0.298. The number of likely N-dealkylation sites (N-methyl/N-ethyl adjacent to an activating group) is 1. The number of rotatable bonds is 7. The van der Waals surface area contributed by atoms with Gasteiger partial charge in [-0.15, -0.1) is 0 Å². The number of hydrogen-bond acceptors (Lipinski definition) is 6. The van der Waals surface area contributed by atoms with Gasteiger partial charge in [0.25, 0.3) is 17.4 Å². The van der Waals surface area contributed by atoms with E-state index in [4.69, 9.17) is 21.3 Å². The van der Waals surface area contributed by atoms with Crippen LogP contribution < -0.4 is 24.5 Å². The van der Waals surface area contributed by atoms with Crippen molar-refractivity contribution in [3.63, 3.8) is 0 Å². The maximum atomic E-state index is 14.5. The van der Waals surface area contributed by atoms with Gasteiger partial charge in [-0.3, -0.25) is 19.0 Å². The van der Waals surface area contributed by atoms with Crippen LogP contribution in [0.25, 0.3) is 5.57 Å². The number of ether oxygens (including phenoxy) is 1. The van der Waals surface area contributed by atoms with Crippen molar-refractivity contribution in [2.75, 3.05) is 25.1 Å². The van der Waals surface area contributed by atoms with Gasteiger partial charge in [0.2, 0.25) is 0 Å². The van der Waals surface area contributed by atoms with Gasteiger partial charge in [-0.05, 0) is 50.6 Å². The summed E-state index contributed by atoms with van der Waals surface area (Å²) >= 11 is 7.26. The third-order valence-corrected chi connectivity index (χ3v) is 9.42. The molecule has 2 amide bonds. The number of allylic oxidation sites excluding steroid dienone is 1. The number of hydrogen-bond donors (Lipinski definition) is 0. The summed E-state index contributed by atoms with van der Waals surface area (Å²) in [4.78, 5) is 51.3. The predicted octanol–water partition coefficient (Wildman–Crippen LogP) is 4.68. The minimum atomic E-state index is -0.790. The van der Waals surface area contributed by atoms with Crippen LogP contribution in [0.4, 0.5) is 5.69 Å². The average Bonchev–Trinajstić information content (AvgIpc) is 3.49. The van der Waals surface area contributed by atoms with Crippen LogP contribution in [0.1, 0.15) is 43.5 Å². The first-order valence-corrected chi connectivity index (χ1v) is 15.6. The SMILES string of the molecule is CCN(CC)C(=O)C1=C(C)N=c2s/c(=C3\C(=O)N(Cc4ccc(Cl)cc4)c4ccccc43)c(=O)n2[C@@H]1c1ccccc1OC. The van der Waals surface area contributed by atoms with E-state index in [-0.39, 0.29) is 21.9 Å². The summed E-state index contributed by atoms with van der Waals surface area (Å²) < 4.78 is 7.54. The third kappa shape index (κ3) is 4.86. The molecule has 0 N–H and O–H groups in total. The number of fused-ring (bicyclic) bond motifs is 2. The molecule has 1 atom stereocenters. The molecule has 10 heteroatoms. The Morgan fingerprint density at radius 2 is 1.68 bits per heavy atom. The number of nitrogens with zero attached hydrogens (tertiary/aromatic N) is 4. The van der Waals surface area contributed by atoms with E-state index in [1.807, 2.05) is 74.5 Å². The Balaban J connectivity index is 1.59. The lowest BCUT2D eigenvalue weighted by molar-refractivity contribution is -0.127. The summed E-state index contributed by atoms with van der Waals surface area (Å²) in [5, 5.41) is 0.613. The second-order valence-corrected chi connectivity index (χ2v) is 11.9. The summed E-state index contributed by atoms with van der Waals surface area (Å²) in [5.74, 6) is 0.0867. The number of halogens is 1. The number of carbonyl (C=O) groups is 2. The number of benzene rings is 3. The maximum absolute atomic E-state index is 14.5. The maximum Gasteiger partial charge on any atom is 0.271 e. The molecule has 0 saturated carbocycles. The molecule has 0 aliphatic carbocycles. The molecule has 3 aromatic carbocycles. The van der Waals surface area contributed by atoms with Gasteiger partial charge >= 0.3 is 0 Å². The van der Waals surface area contributed by atoms with Crippen LogP contribution in [0.2, 0.25) is 5.02 Å². The molecule has 1 aromatic heterocycles. The first-order valence-electron chi connectivity index (χ1n) is 14.4. The Morgan fingerprint density at radius 1 is 1.00 bits per heavy atom. The Labute approximate surface area is 263 Å². The van der Waals surface area contributed by atoms with Crippen molar-refractivity contribution in [1.82, 2.24) is 9.47 Å². The van der Waals surface area contributed by atoms with E-state index >= 15 is 0 Å². The summed E-state index contributed by atoms with van der Waals surface area (Å²) in [6.07, 6.45) is 0. The molecule has 0 radical (unpaired) electrons. The molecule has 0 bridgehead atoms. The average molecular weight is 627 g/mol. The van der Waals surface area contributed by atoms with Gasteiger partial charge < -0.3 is 14.5 Å². The molecule has 0 unspecified atom stereocenters. The van der Waals surface area contributed by atoms with Crippen molar-refractivity contribution in [3.05, 3.63) is 125 Å². The Bertz CT molecular complexity index is 2010. The van der Waals surface area contributed by atoms with Gasteiger partial charge in [0.1, 0.15) is 16.3 Å². The highest BCUT2D eigenvalue weighted by atomic mass is 35.5. The van der Waals surface area contributed by atoms with E-state index < -0.39 is 6.04 Å². The fraction of sp³-hybridized carbons (Fsp3) is 0.235. The number of aromatic nitrogens is 1. The standard InChI is InChI=1S/C34H31ClN4O4S/c1-5-37(6-2)31(40)27-20(3)36-34-39(29(27)24-12-8-10-14-26(24)43-4)33(42)30(44-34)28-23-11-7-9-13-25(23)38(32(28)41)19-21-15-17-22(35)18-16-21/h7-18,29H,5-6,19H2,1-4H3/b30-28-/t29-/m1/s1. The number of amides is 2. The van der Waals surface area contributed by atoms with E-state index in [1.54, 1.807) is 40.5 Å². The van der Waals surface area contributed by atoms with Crippen molar-refractivity contribution < 1.29 is 14.3 Å². The van der Waals surface area contributed by atoms with E-state index in [0.717, 1.165) is 11.3 Å². The van der Waals surface area contributed by atoms with Gasteiger partial charge in [-0.1, -0.05) is 71.5 Å². The van der Waals surface area contributed by atoms with Crippen LogP contribution in [-0.2, 0) is 16.1 Å². The molecule has 8 nitrogen and oxygen atoms in total. The molecule has 0 saturated heterocycles. The van der Waals surface area contributed by atoms with Crippen LogP contribution in [0, 0.1) is 0 Å². The number of para-hydroxylation sites is 2. The zero-order chi connectivity index (χ0) is 31.1. The number of anilines is 1. The smallest absolute Gasteiger partial charge is 0.271 e. The highest BCUT2D eigenvalue weighted by Gasteiger charge is 2.38. The Hall–Kier alpha value is -4.47. The number of methoxy groups -OCH3 is 1. The Kier molecular flexibility index (Phi) is 8.00. The highest BCUT2D eigenvalue weighted by molar-refractivity contribution is 7.07. The topological polar surface area (TPSA) is 84.2 Å². The largest absolute Gasteiger partial charge is 0.496 e. The molecule has 0 fully saturated rings. The minimum Gasteiger partial charge on any atom is -0.496 e. The van der Waals surface area contributed by atoms with Gasteiger partial charge in [0, 0.05) is 29.2 Å². The van der Waals surface area contributed by atoms with E-state index in [9.17, 15) is 14.4 Å².